The van der Waals surface area contributed by atoms with Crippen molar-refractivity contribution in [3.05, 3.63) is 0 Å². The molecule has 2 atom stereocenters. The van der Waals surface area contributed by atoms with Gasteiger partial charge in [0.2, 0.25) is 0 Å². The van der Waals surface area contributed by atoms with E-state index in [1.54, 1.807) is 0 Å². The third-order valence-corrected chi connectivity index (χ3v) is 2.15. The second-order valence-electron chi connectivity index (χ2n) is 3.10. The molecule has 0 fully saturated rings. The lowest BCUT2D eigenvalue weighted by Crippen LogP contribution is -2.16. The third kappa shape index (κ3) is 3.89. The minimum Gasteiger partial charge on any atom is -0.393 e. The first-order valence-electron chi connectivity index (χ1n) is 4.40. The van der Waals surface area contributed by atoms with Crippen LogP contribution in [0.4, 0.5) is 0 Å². The van der Waals surface area contributed by atoms with Gasteiger partial charge in [-0.25, -0.2) is 0 Å². The lowest BCUT2D eigenvalue weighted by molar-refractivity contribution is 0.103. The zero-order valence-corrected chi connectivity index (χ0v) is 7.43. The van der Waals surface area contributed by atoms with Crippen LogP contribution >= 0.6 is 0 Å². The van der Waals surface area contributed by atoms with Crippen LogP contribution in [0.2, 0.25) is 0 Å². The van der Waals surface area contributed by atoms with E-state index < -0.39 is 0 Å². The molecule has 0 aromatic carbocycles. The Labute approximate surface area is 64.5 Å². The van der Waals surface area contributed by atoms with Gasteiger partial charge in [0.25, 0.3) is 0 Å². The zero-order valence-electron chi connectivity index (χ0n) is 7.43. The van der Waals surface area contributed by atoms with Gasteiger partial charge in [0.1, 0.15) is 0 Å². The van der Waals surface area contributed by atoms with E-state index in [0.717, 1.165) is 19.3 Å². The second-order valence-corrected chi connectivity index (χ2v) is 3.10. The molecule has 0 aromatic heterocycles. The van der Waals surface area contributed by atoms with Crippen LogP contribution in [-0.2, 0) is 0 Å². The topological polar surface area (TPSA) is 20.2 Å². The molecule has 0 radical (unpaired) electrons. The molecule has 1 nitrogen and oxygen atoms in total. The molecule has 0 amide bonds. The maximum Gasteiger partial charge on any atom is 0.0565 e. The van der Waals surface area contributed by atoms with E-state index in [1.165, 1.54) is 6.42 Å². The van der Waals surface area contributed by atoms with E-state index in [2.05, 4.69) is 20.8 Å². The lowest BCUT2D eigenvalue weighted by Gasteiger charge is -2.15. The predicted octanol–water partition coefficient (Wildman–Crippen LogP) is 2.58. The maximum absolute atomic E-state index is 9.45. The van der Waals surface area contributed by atoms with Crippen LogP contribution in [-0.4, -0.2) is 11.2 Å². The molecule has 0 aliphatic carbocycles. The van der Waals surface area contributed by atoms with E-state index in [-0.39, 0.29) is 6.10 Å². The van der Waals surface area contributed by atoms with Crippen LogP contribution in [0.3, 0.4) is 0 Å². The third-order valence-electron chi connectivity index (χ3n) is 2.15. The zero-order chi connectivity index (χ0) is 7.98. The average molecular weight is 144 g/mol. The van der Waals surface area contributed by atoms with Crippen LogP contribution in [0.25, 0.3) is 0 Å². The molecule has 0 aliphatic rings. The summed E-state index contributed by atoms with van der Waals surface area (Å²) < 4.78 is 0. The fourth-order valence-corrected chi connectivity index (χ4v) is 0.970. The average Bonchev–Trinajstić information content (AvgIpc) is 1.98. The van der Waals surface area contributed by atoms with Gasteiger partial charge in [0.05, 0.1) is 6.10 Å². The van der Waals surface area contributed by atoms with Crippen LogP contribution in [0, 0.1) is 5.92 Å². The molecule has 1 heteroatoms. The van der Waals surface area contributed by atoms with Crippen LogP contribution in [0.1, 0.15) is 46.5 Å². The van der Waals surface area contributed by atoms with Crippen LogP contribution in [0.5, 0.6) is 0 Å². The fourth-order valence-electron chi connectivity index (χ4n) is 0.970. The van der Waals surface area contributed by atoms with Gasteiger partial charge in [-0.15, -0.1) is 0 Å². The molecule has 0 bridgehead atoms. The van der Waals surface area contributed by atoms with Crippen molar-refractivity contribution in [3.63, 3.8) is 0 Å². The van der Waals surface area contributed by atoms with Gasteiger partial charge in [-0.3, -0.25) is 0 Å². The van der Waals surface area contributed by atoms with Gasteiger partial charge in [-0.05, 0) is 12.3 Å². The maximum atomic E-state index is 9.45. The van der Waals surface area contributed by atoms with E-state index in [0.29, 0.717) is 5.92 Å². The fraction of sp³-hybridized carbons (Fsp3) is 1.00. The lowest BCUT2D eigenvalue weighted by atomic mass is 9.98. The molecule has 1 N–H and O–H groups in total. The van der Waals surface area contributed by atoms with E-state index in [4.69, 9.17) is 0 Å². The molecule has 0 aliphatic heterocycles. The van der Waals surface area contributed by atoms with E-state index >= 15 is 0 Å². The van der Waals surface area contributed by atoms with Gasteiger partial charge < -0.3 is 5.11 Å². The molecular weight excluding hydrogens is 124 g/mol. The SMILES string of the molecule is CCCCC(O)C(C)CC. The highest BCUT2D eigenvalue weighted by Gasteiger charge is 2.10. The van der Waals surface area contributed by atoms with Gasteiger partial charge in [0, 0.05) is 0 Å². The molecule has 2 unspecified atom stereocenters. The molecular formula is C9H20O. The number of rotatable bonds is 5. The largest absolute Gasteiger partial charge is 0.393 e. The highest BCUT2D eigenvalue weighted by molar-refractivity contribution is 4.61. The summed E-state index contributed by atoms with van der Waals surface area (Å²) >= 11 is 0. The molecule has 0 saturated carbocycles. The number of aliphatic hydroxyl groups excluding tert-OH is 1. The summed E-state index contributed by atoms with van der Waals surface area (Å²) in [6, 6.07) is 0. The van der Waals surface area contributed by atoms with Crippen molar-refractivity contribution >= 4 is 0 Å². The normalized spacial score (nSPS) is 16.8. The van der Waals surface area contributed by atoms with Crippen molar-refractivity contribution in [2.75, 3.05) is 0 Å². The summed E-state index contributed by atoms with van der Waals surface area (Å²) in [5.41, 5.74) is 0. The number of aliphatic hydroxyl groups is 1. The van der Waals surface area contributed by atoms with Gasteiger partial charge in [0.15, 0.2) is 0 Å². The predicted molar refractivity (Wildman–Crippen MR) is 45.0 cm³/mol. The Morgan fingerprint density at radius 3 is 2.30 bits per heavy atom. The highest BCUT2D eigenvalue weighted by atomic mass is 16.3. The number of unbranched alkanes of at least 4 members (excludes halogenated alkanes) is 1. The van der Waals surface area contributed by atoms with Gasteiger partial charge in [-0.2, -0.15) is 0 Å². The quantitative estimate of drug-likeness (QED) is 0.628. The summed E-state index contributed by atoms with van der Waals surface area (Å²) in [4.78, 5) is 0. The molecule has 10 heavy (non-hydrogen) atoms. The first-order chi connectivity index (χ1) is 4.72. The van der Waals surface area contributed by atoms with Crippen molar-refractivity contribution in [2.45, 2.75) is 52.6 Å². The smallest absolute Gasteiger partial charge is 0.0565 e. The number of hydrogen-bond donors (Lipinski definition) is 1. The molecule has 0 heterocycles. The summed E-state index contributed by atoms with van der Waals surface area (Å²) in [5, 5.41) is 9.45. The Kier molecular flexibility index (Phi) is 5.70. The Bertz CT molecular complexity index is 71.1. The van der Waals surface area contributed by atoms with Gasteiger partial charge in [-0.1, -0.05) is 40.0 Å². The minimum atomic E-state index is -0.0649. The van der Waals surface area contributed by atoms with Gasteiger partial charge >= 0.3 is 0 Å². The Balaban J connectivity index is 3.31. The van der Waals surface area contributed by atoms with Crippen LogP contribution in [0.15, 0.2) is 0 Å². The Morgan fingerprint density at radius 1 is 1.30 bits per heavy atom. The first kappa shape index (κ1) is 9.96. The van der Waals surface area contributed by atoms with Crippen molar-refractivity contribution in [3.8, 4) is 0 Å². The Morgan fingerprint density at radius 2 is 1.90 bits per heavy atom. The van der Waals surface area contributed by atoms with Crippen LogP contribution < -0.4 is 0 Å². The molecule has 0 aromatic rings. The molecule has 0 spiro atoms. The summed E-state index contributed by atoms with van der Waals surface area (Å²) in [5.74, 6) is 0.478. The first-order valence-corrected chi connectivity index (χ1v) is 4.40. The Hall–Kier alpha value is -0.0400. The number of hydrogen-bond acceptors (Lipinski definition) is 1. The van der Waals surface area contributed by atoms with Crippen molar-refractivity contribution in [1.29, 1.82) is 0 Å². The van der Waals surface area contributed by atoms with E-state index in [9.17, 15) is 5.11 Å². The summed E-state index contributed by atoms with van der Waals surface area (Å²) in [7, 11) is 0. The standard InChI is InChI=1S/C9H20O/c1-4-6-7-9(10)8(3)5-2/h8-10H,4-7H2,1-3H3. The summed E-state index contributed by atoms with van der Waals surface area (Å²) in [6.45, 7) is 6.39. The van der Waals surface area contributed by atoms with E-state index in [1.807, 2.05) is 0 Å². The van der Waals surface area contributed by atoms with Crippen molar-refractivity contribution in [1.82, 2.24) is 0 Å². The second kappa shape index (κ2) is 5.72. The van der Waals surface area contributed by atoms with Crippen molar-refractivity contribution < 1.29 is 5.11 Å². The van der Waals surface area contributed by atoms with Crippen molar-refractivity contribution in [2.24, 2.45) is 5.92 Å². The minimum absolute atomic E-state index is 0.0649. The molecule has 0 saturated heterocycles. The molecule has 0 rings (SSSR count). The summed E-state index contributed by atoms with van der Waals surface area (Å²) in [6.07, 6.45) is 4.35. The highest BCUT2D eigenvalue weighted by Crippen LogP contribution is 2.12. The molecule has 62 valence electrons. The monoisotopic (exact) mass is 144 g/mol.